The van der Waals surface area contributed by atoms with Gasteiger partial charge in [0.15, 0.2) is 0 Å². The summed E-state index contributed by atoms with van der Waals surface area (Å²) in [6, 6.07) is 0. The number of halogens is 1. The zero-order chi connectivity index (χ0) is 4.50. The van der Waals surface area contributed by atoms with E-state index in [1.807, 2.05) is 0 Å². The summed E-state index contributed by atoms with van der Waals surface area (Å²) < 4.78 is 0. The van der Waals surface area contributed by atoms with Gasteiger partial charge in [0.1, 0.15) is 0 Å². The third kappa shape index (κ3) is 380. The smallest absolute Gasteiger partial charge is 0.0485 e. The molecular formula is C4H13FP. The van der Waals surface area contributed by atoms with Crippen LogP contribution in [0.25, 0.3) is 0 Å². The lowest BCUT2D eigenvalue weighted by atomic mass is 11.8. The molecule has 0 bridgehead atoms. The van der Waals surface area contributed by atoms with Gasteiger partial charge in [-0.3, -0.25) is 4.70 Å². The third-order valence-electron chi connectivity index (χ3n) is 0. The molecule has 0 amide bonds. The molecule has 0 aromatic heterocycles. The molecule has 0 heterocycles. The molecule has 0 aliphatic carbocycles. The second-order valence-corrected chi connectivity index (χ2v) is 8.05. The Morgan fingerprint density at radius 2 is 0.833 bits per heavy atom. The Balaban J connectivity index is 0. The fraction of sp³-hybridized carbons (Fsp3) is 1.00. The summed E-state index contributed by atoms with van der Waals surface area (Å²) >= 11 is 0. The molecule has 0 aliphatic rings. The summed E-state index contributed by atoms with van der Waals surface area (Å²) in [5.74, 6) is 0. The van der Waals surface area contributed by atoms with E-state index in [-0.39, 0.29) is 12.0 Å². The maximum absolute atomic E-state index is 2.30. The van der Waals surface area contributed by atoms with Gasteiger partial charge in [-0.2, -0.15) is 0 Å². The summed E-state index contributed by atoms with van der Waals surface area (Å²) in [4.78, 5) is 0. The largest absolute Gasteiger partial charge is 0.269 e. The van der Waals surface area contributed by atoms with Crippen LogP contribution in [0.1, 0.15) is 0 Å². The highest BCUT2D eigenvalue weighted by Crippen LogP contribution is 2.40. The summed E-state index contributed by atoms with van der Waals surface area (Å²) in [6.07, 6.45) is 0. The van der Waals surface area contributed by atoms with Gasteiger partial charge in [0, 0.05) is 0 Å². The van der Waals surface area contributed by atoms with Crippen molar-refractivity contribution in [3.63, 3.8) is 0 Å². The van der Waals surface area contributed by atoms with E-state index < -0.39 is 0 Å². The van der Waals surface area contributed by atoms with Crippen molar-refractivity contribution < 1.29 is 4.70 Å². The van der Waals surface area contributed by atoms with Crippen LogP contribution in [0.3, 0.4) is 0 Å². The second-order valence-electron chi connectivity index (χ2n) is 2.68. The number of hydrogen-bond acceptors (Lipinski definition) is 0. The van der Waals surface area contributed by atoms with Gasteiger partial charge in [0.05, 0.1) is 0 Å². The number of hydrogen-bond donors (Lipinski definition) is 0. The first-order chi connectivity index (χ1) is 2.00. The Hall–Kier alpha value is 0.360. The molecule has 0 nitrogen and oxygen atoms in total. The fourth-order valence-electron chi connectivity index (χ4n) is 0. The van der Waals surface area contributed by atoms with E-state index in [1.165, 1.54) is 0 Å². The maximum atomic E-state index is 2.30. The molecule has 0 spiro atoms. The summed E-state index contributed by atoms with van der Waals surface area (Å²) in [6.45, 7) is 9.19. The molecule has 0 fully saturated rings. The molecule has 6 heavy (non-hydrogen) atoms. The third-order valence-corrected chi connectivity index (χ3v) is 0. The zero-order valence-corrected chi connectivity index (χ0v) is 5.75. The molecule has 0 rings (SSSR count). The molecule has 0 unspecified atom stereocenters. The average Bonchev–Trinajstić information content (AvgIpc) is 0.722. The SMILES string of the molecule is C[P](C)(C)C.F. The minimum Gasteiger partial charge on any atom is -0.269 e. The first-order valence-electron chi connectivity index (χ1n) is 1.79. The highest BCUT2D eigenvalue weighted by Gasteiger charge is 1.91. The van der Waals surface area contributed by atoms with E-state index in [9.17, 15) is 0 Å². The Labute approximate surface area is 39.6 Å². The fourth-order valence-corrected chi connectivity index (χ4v) is 0. The van der Waals surface area contributed by atoms with Crippen molar-refractivity contribution in [1.82, 2.24) is 0 Å². The first-order valence-corrected chi connectivity index (χ1v) is 5.37. The van der Waals surface area contributed by atoms with E-state index in [4.69, 9.17) is 0 Å². The molecule has 41 valence electrons. The predicted molar refractivity (Wildman–Crippen MR) is 33.1 cm³/mol. The average molecular weight is 111 g/mol. The van der Waals surface area contributed by atoms with Crippen molar-refractivity contribution in [1.29, 1.82) is 0 Å². The summed E-state index contributed by atoms with van der Waals surface area (Å²) in [5.41, 5.74) is 0. The van der Waals surface area contributed by atoms with Gasteiger partial charge in [0.25, 0.3) is 0 Å². The highest BCUT2D eigenvalue weighted by atomic mass is 31.2. The van der Waals surface area contributed by atoms with Crippen molar-refractivity contribution in [2.24, 2.45) is 0 Å². The zero-order valence-electron chi connectivity index (χ0n) is 4.86. The van der Waals surface area contributed by atoms with Crippen LogP contribution in [-0.2, 0) is 0 Å². The van der Waals surface area contributed by atoms with E-state index in [2.05, 4.69) is 26.7 Å². The van der Waals surface area contributed by atoms with Gasteiger partial charge in [-0.05, 0) is 26.7 Å². The summed E-state index contributed by atoms with van der Waals surface area (Å²) in [5, 5.41) is 0. The monoisotopic (exact) mass is 111 g/mol. The Morgan fingerprint density at radius 1 is 0.833 bits per heavy atom. The Morgan fingerprint density at radius 3 is 0.833 bits per heavy atom. The topological polar surface area (TPSA) is 0 Å². The number of rotatable bonds is 0. The van der Waals surface area contributed by atoms with Crippen LogP contribution in [0.15, 0.2) is 0 Å². The first kappa shape index (κ1) is 9.61. The summed E-state index contributed by atoms with van der Waals surface area (Å²) in [7, 11) is -0.389. The molecule has 0 aromatic rings. The van der Waals surface area contributed by atoms with Crippen LogP contribution in [0.5, 0.6) is 0 Å². The van der Waals surface area contributed by atoms with E-state index in [0.29, 0.717) is 0 Å². The van der Waals surface area contributed by atoms with Gasteiger partial charge < -0.3 is 0 Å². The van der Waals surface area contributed by atoms with Crippen LogP contribution in [0.4, 0.5) is 4.70 Å². The Bertz CT molecular complexity index is 23.0. The lowest BCUT2D eigenvalue weighted by Crippen LogP contribution is -1.74. The van der Waals surface area contributed by atoms with Crippen LogP contribution in [0, 0.1) is 0 Å². The van der Waals surface area contributed by atoms with Crippen molar-refractivity contribution in [3.05, 3.63) is 0 Å². The minimum atomic E-state index is -0.389. The standard InChI is InChI=1S/C4H12P.FH/c1-5(2,3)4;/h1-4H3;1H. The van der Waals surface area contributed by atoms with Crippen LogP contribution >= 0.6 is 7.26 Å². The maximum Gasteiger partial charge on any atom is -0.0485 e. The lowest BCUT2D eigenvalue weighted by molar-refractivity contribution is 1.11. The molecule has 1 radical (unpaired) electrons. The van der Waals surface area contributed by atoms with Gasteiger partial charge in [-0.1, -0.05) is 0 Å². The van der Waals surface area contributed by atoms with Crippen LogP contribution in [0.2, 0.25) is 0 Å². The minimum absolute atomic E-state index is 0. The lowest BCUT2D eigenvalue weighted by Gasteiger charge is -2.09. The van der Waals surface area contributed by atoms with E-state index in [1.54, 1.807) is 0 Å². The van der Waals surface area contributed by atoms with Gasteiger partial charge >= 0.3 is 0 Å². The molecule has 0 N–H and O–H groups in total. The van der Waals surface area contributed by atoms with Crippen molar-refractivity contribution >= 4 is 7.26 Å². The normalized spacial score (nSPS) is 10.0. The van der Waals surface area contributed by atoms with Crippen LogP contribution in [-0.4, -0.2) is 26.7 Å². The van der Waals surface area contributed by atoms with Gasteiger partial charge in [-0.25, -0.2) is 0 Å². The second kappa shape index (κ2) is 2.52. The van der Waals surface area contributed by atoms with Crippen molar-refractivity contribution in [2.45, 2.75) is 0 Å². The molecule has 0 saturated heterocycles. The highest BCUT2D eigenvalue weighted by molar-refractivity contribution is 7.72. The molecule has 0 atom stereocenters. The van der Waals surface area contributed by atoms with Crippen molar-refractivity contribution in [2.75, 3.05) is 26.7 Å². The van der Waals surface area contributed by atoms with Gasteiger partial charge in [0.2, 0.25) is 0 Å². The van der Waals surface area contributed by atoms with Crippen molar-refractivity contribution in [3.8, 4) is 0 Å². The van der Waals surface area contributed by atoms with E-state index in [0.717, 1.165) is 0 Å². The Kier molecular flexibility index (Phi) is 4.04. The van der Waals surface area contributed by atoms with Gasteiger partial charge in [-0.15, -0.1) is 7.26 Å². The molecular weight excluding hydrogens is 98.0 g/mol. The quantitative estimate of drug-likeness (QED) is 0.417. The molecule has 0 aliphatic heterocycles. The van der Waals surface area contributed by atoms with E-state index >= 15 is 0 Å². The van der Waals surface area contributed by atoms with Crippen LogP contribution < -0.4 is 0 Å². The molecule has 0 saturated carbocycles. The predicted octanol–water partition coefficient (Wildman–Crippen LogP) is 1.68. The molecule has 0 aromatic carbocycles. The molecule has 2 heteroatoms.